The van der Waals surface area contributed by atoms with Crippen molar-refractivity contribution in [2.24, 2.45) is 0 Å². The zero-order valence-corrected chi connectivity index (χ0v) is 15.2. The summed E-state index contributed by atoms with van der Waals surface area (Å²) < 4.78 is 27.5. The van der Waals surface area contributed by atoms with Crippen LogP contribution < -0.4 is 4.72 Å². The molecule has 0 saturated heterocycles. The summed E-state index contributed by atoms with van der Waals surface area (Å²) in [5, 5.41) is 0.505. The van der Waals surface area contributed by atoms with Gasteiger partial charge >= 0.3 is 0 Å². The van der Waals surface area contributed by atoms with Crippen LogP contribution in [-0.2, 0) is 10.0 Å². The van der Waals surface area contributed by atoms with Gasteiger partial charge in [0.05, 0.1) is 14.5 Å². The number of rotatable bonds is 3. The average Bonchev–Trinajstić information content (AvgIpc) is 2.65. The van der Waals surface area contributed by atoms with E-state index < -0.39 is 10.0 Å². The molecule has 0 saturated carbocycles. The monoisotopic (exact) mass is 434 g/mol. The number of hydrogen-bond acceptors (Lipinski definition) is 4. The van der Waals surface area contributed by atoms with Gasteiger partial charge in [0.1, 0.15) is 9.36 Å². The van der Waals surface area contributed by atoms with Crippen molar-refractivity contribution in [3.8, 4) is 0 Å². The van der Waals surface area contributed by atoms with Gasteiger partial charge in [0.2, 0.25) is 0 Å². The number of nitrogens with zero attached hydrogens (tertiary/aromatic N) is 1. The molecular weight excluding hydrogens is 431 g/mol. The molecule has 0 unspecified atom stereocenters. The highest BCUT2D eigenvalue weighted by molar-refractivity contribution is 9.11. The minimum absolute atomic E-state index is 0.0136. The Hall–Kier alpha value is -0.0500. The fourth-order valence-corrected chi connectivity index (χ4v) is 5.53. The summed E-state index contributed by atoms with van der Waals surface area (Å²) in [5.74, 6) is 0. The summed E-state index contributed by atoms with van der Waals surface area (Å²) in [4.78, 5) is 3.81. The van der Waals surface area contributed by atoms with Crippen LogP contribution in [0.3, 0.4) is 0 Å². The summed E-state index contributed by atoms with van der Waals surface area (Å²) in [5.41, 5.74) is 0.761. The van der Waals surface area contributed by atoms with Gasteiger partial charge < -0.3 is 0 Å². The highest BCUT2D eigenvalue weighted by Gasteiger charge is 2.21. The maximum atomic E-state index is 12.3. The van der Waals surface area contributed by atoms with Crippen molar-refractivity contribution in [3.63, 3.8) is 0 Å². The number of sulfonamides is 1. The van der Waals surface area contributed by atoms with Crippen molar-refractivity contribution in [2.75, 3.05) is 4.72 Å². The number of aryl methyl sites for hydroxylation is 1. The first-order valence-electron chi connectivity index (χ1n) is 5.01. The van der Waals surface area contributed by atoms with Crippen molar-refractivity contribution in [1.82, 2.24) is 4.98 Å². The number of thiophene rings is 1. The largest absolute Gasteiger partial charge is 0.276 e. The van der Waals surface area contributed by atoms with Crippen LogP contribution in [0.2, 0.25) is 15.3 Å². The number of anilines is 1. The molecule has 2 aromatic rings. The van der Waals surface area contributed by atoms with Crippen molar-refractivity contribution < 1.29 is 8.42 Å². The molecule has 108 valence electrons. The van der Waals surface area contributed by atoms with E-state index in [9.17, 15) is 8.42 Å². The van der Waals surface area contributed by atoms with Gasteiger partial charge in [0.25, 0.3) is 10.0 Å². The van der Waals surface area contributed by atoms with Gasteiger partial charge in [-0.15, -0.1) is 11.3 Å². The van der Waals surface area contributed by atoms with Gasteiger partial charge in [-0.25, -0.2) is 13.4 Å². The Balaban J connectivity index is 2.43. The molecule has 20 heavy (non-hydrogen) atoms. The highest BCUT2D eigenvalue weighted by atomic mass is 79.9. The van der Waals surface area contributed by atoms with Crippen LogP contribution >= 0.6 is 62.1 Å². The fourth-order valence-electron chi connectivity index (χ4n) is 1.36. The molecule has 1 N–H and O–H groups in total. The first-order valence-corrected chi connectivity index (χ1v) is 9.23. The molecule has 0 radical (unpaired) electrons. The summed E-state index contributed by atoms with van der Waals surface area (Å²) >= 11 is 21.7. The SMILES string of the molecule is Cc1cc(Cl)nc(Cl)c1NS(=O)(=O)c1cc(Cl)c(Br)s1. The van der Waals surface area contributed by atoms with Gasteiger partial charge in [-0.3, -0.25) is 4.72 Å². The van der Waals surface area contributed by atoms with Crippen LogP contribution in [0.5, 0.6) is 0 Å². The zero-order chi connectivity index (χ0) is 15.1. The lowest BCUT2D eigenvalue weighted by Gasteiger charge is -2.10. The van der Waals surface area contributed by atoms with Gasteiger partial charge in [-0.2, -0.15) is 0 Å². The van der Waals surface area contributed by atoms with E-state index in [0.29, 0.717) is 14.4 Å². The van der Waals surface area contributed by atoms with Crippen LogP contribution in [0.15, 0.2) is 20.1 Å². The Kier molecular flexibility index (Phi) is 4.88. The smallest absolute Gasteiger partial charge is 0.271 e. The quantitative estimate of drug-likeness (QED) is 0.691. The van der Waals surface area contributed by atoms with Crippen molar-refractivity contribution in [2.45, 2.75) is 11.1 Å². The normalized spacial score (nSPS) is 11.7. The first kappa shape index (κ1) is 16.3. The molecule has 0 aliphatic heterocycles. The predicted molar refractivity (Wildman–Crippen MR) is 86.8 cm³/mol. The molecule has 2 rings (SSSR count). The Morgan fingerprint density at radius 3 is 2.45 bits per heavy atom. The van der Waals surface area contributed by atoms with Crippen molar-refractivity contribution in [1.29, 1.82) is 0 Å². The van der Waals surface area contributed by atoms with Crippen LogP contribution in [0.4, 0.5) is 5.69 Å². The topological polar surface area (TPSA) is 59.1 Å². The summed E-state index contributed by atoms with van der Waals surface area (Å²) in [6, 6.07) is 2.87. The van der Waals surface area contributed by atoms with Crippen LogP contribution in [-0.4, -0.2) is 13.4 Å². The van der Waals surface area contributed by atoms with Gasteiger partial charge in [0.15, 0.2) is 5.15 Å². The van der Waals surface area contributed by atoms with Gasteiger partial charge in [0, 0.05) is 0 Å². The minimum Gasteiger partial charge on any atom is -0.276 e. The number of aromatic nitrogens is 1. The number of halogens is 4. The van der Waals surface area contributed by atoms with Gasteiger partial charge in [-0.05, 0) is 40.5 Å². The van der Waals surface area contributed by atoms with E-state index in [0.717, 1.165) is 11.3 Å². The minimum atomic E-state index is -3.79. The molecule has 0 amide bonds. The number of hydrogen-bond donors (Lipinski definition) is 1. The van der Waals surface area contributed by atoms with Crippen molar-refractivity contribution >= 4 is 77.8 Å². The van der Waals surface area contributed by atoms with Crippen molar-refractivity contribution in [3.05, 3.63) is 36.8 Å². The standard InChI is InChI=1S/C10H6BrCl3N2O2S2/c1-4-2-6(13)15-10(14)8(4)16-20(17,18)7-3-5(12)9(11)19-7/h2-3,16H,1H3. The molecule has 0 aliphatic carbocycles. The fraction of sp³-hybridized carbons (Fsp3) is 0.100. The maximum Gasteiger partial charge on any atom is 0.271 e. The Bertz CT molecular complexity index is 734. The second-order valence-corrected chi connectivity index (χ2v) is 9.15. The van der Waals surface area contributed by atoms with Crippen LogP contribution in [0, 0.1) is 6.92 Å². The first-order chi connectivity index (χ1) is 9.20. The van der Waals surface area contributed by atoms with E-state index in [4.69, 9.17) is 34.8 Å². The zero-order valence-electron chi connectivity index (χ0n) is 9.75. The summed E-state index contributed by atoms with van der Waals surface area (Å²) in [6.07, 6.45) is 0. The predicted octanol–water partition coefficient (Wildman–Crippen LogP) is 4.98. The third-order valence-corrected chi connectivity index (χ3v) is 7.03. The molecular formula is C10H6BrCl3N2O2S2. The molecule has 0 spiro atoms. The van der Waals surface area contributed by atoms with Crippen LogP contribution in [0.1, 0.15) is 5.56 Å². The molecule has 0 aromatic carbocycles. The van der Waals surface area contributed by atoms with E-state index in [2.05, 4.69) is 25.6 Å². The molecule has 2 heterocycles. The molecule has 0 bridgehead atoms. The molecule has 2 aromatic heterocycles. The Labute approximate surface area is 143 Å². The van der Waals surface area contributed by atoms with Crippen LogP contribution in [0.25, 0.3) is 0 Å². The van der Waals surface area contributed by atoms with E-state index in [1.807, 2.05) is 0 Å². The average molecular weight is 437 g/mol. The highest BCUT2D eigenvalue weighted by Crippen LogP contribution is 2.36. The lowest BCUT2D eigenvalue weighted by molar-refractivity contribution is 0.603. The molecule has 0 fully saturated rings. The van der Waals surface area contributed by atoms with E-state index in [1.165, 1.54) is 12.1 Å². The second-order valence-electron chi connectivity index (χ2n) is 3.72. The van der Waals surface area contributed by atoms with E-state index in [-0.39, 0.29) is 20.2 Å². The van der Waals surface area contributed by atoms with E-state index in [1.54, 1.807) is 6.92 Å². The number of pyridine rings is 1. The molecule has 0 aliphatic rings. The maximum absolute atomic E-state index is 12.3. The summed E-state index contributed by atoms with van der Waals surface area (Å²) in [6.45, 7) is 1.68. The second kappa shape index (κ2) is 5.98. The lowest BCUT2D eigenvalue weighted by Crippen LogP contribution is -2.13. The molecule has 0 atom stereocenters. The third-order valence-electron chi connectivity index (χ3n) is 2.27. The summed E-state index contributed by atoms with van der Waals surface area (Å²) in [7, 11) is -3.79. The van der Waals surface area contributed by atoms with Gasteiger partial charge in [-0.1, -0.05) is 34.8 Å². The Morgan fingerprint density at radius 1 is 1.30 bits per heavy atom. The lowest BCUT2D eigenvalue weighted by atomic mass is 10.3. The number of nitrogens with one attached hydrogen (secondary N) is 1. The third kappa shape index (κ3) is 3.40. The molecule has 4 nitrogen and oxygen atoms in total. The molecule has 10 heteroatoms. The Morgan fingerprint density at radius 2 is 1.95 bits per heavy atom. The van der Waals surface area contributed by atoms with E-state index >= 15 is 0 Å².